The van der Waals surface area contributed by atoms with Crippen molar-refractivity contribution in [1.82, 2.24) is 10.2 Å². The number of benzene rings is 3. The maximum atomic E-state index is 14.6. The highest BCUT2D eigenvalue weighted by Gasteiger charge is 2.28. The smallest absolute Gasteiger partial charge is 0.223 e. The van der Waals surface area contributed by atoms with E-state index >= 15 is 0 Å². The number of rotatable bonds is 8. The third-order valence-corrected chi connectivity index (χ3v) is 6.47. The van der Waals surface area contributed by atoms with Crippen LogP contribution in [-0.2, 0) is 4.79 Å². The van der Waals surface area contributed by atoms with E-state index in [2.05, 4.69) is 10.2 Å². The molecule has 184 valence electrons. The Bertz CT molecular complexity index is 1150. The van der Waals surface area contributed by atoms with E-state index < -0.39 is 23.5 Å². The molecule has 3 aromatic rings. The Balaban J connectivity index is 1.33. The lowest BCUT2D eigenvalue weighted by Crippen LogP contribution is -2.43. The van der Waals surface area contributed by atoms with Gasteiger partial charge >= 0.3 is 0 Å². The Morgan fingerprint density at radius 3 is 2.43 bits per heavy atom. The Morgan fingerprint density at radius 2 is 1.71 bits per heavy atom. The summed E-state index contributed by atoms with van der Waals surface area (Å²) in [5.41, 5.74) is 1.13. The van der Waals surface area contributed by atoms with Gasteiger partial charge in [0.05, 0.1) is 6.04 Å². The van der Waals surface area contributed by atoms with Crippen LogP contribution < -0.4 is 10.1 Å². The molecule has 4 nitrogen and oxygen atoms in total. The van der Waals surface area contributed by atoms with Crippen LogP contribution >= 0.6 is 11.6 Å². The largest absolute Gasteiger partial charge is 0.489 e. The fraction of sp³-hybridized carbons (Fsp3) is 0.296. The summed E-state index contributed by atoms with van der Waals surface area (Å²) in [6.07, 6.45) is 1.26. The van der Waals surface area contributed by atoms with Crippen molar-refractivity contribution in [3.63, 3.8) is 0 Å². The second-order valence-corrected chi connectivity index (χ2v) is 8.99. The maximum absolute atomic E-state index is 14.6. The summed E-state index contributed by atoms with van der Waals surface area (Å²) in [4.78, 5) is 15.2. The molecule has 0 aromatic heterocycles. The summed E-state index contributed by atoms with van der Waals surface area (Å²) in [6, 6.07) is 15.9. The summed E-state index contributed by atoms with van der Waals surface area (Å²) < 4.78 is 46.9. The molecule has 1 amide bonds. The standard InChI is InChI=1S/C27H26ClF3N2O2/c28-20-7-5-18(6-8-20)26(22-3-1-2-4-23(22)30)32-27(34)19-11-13-33(14-12-19)15-16-35-25-17-21(29)9-10-24(25)31/h1-10,17,19,26H,11-16H2,(H,32,34)/t26-/m1/s1. The lowest BCUT2D eigenvalue weighted by molar-refractivity contribution is -0.127. The van der Waals surface area contributed by atoms with E-state index in [4.69, 9.17) is 16.3 Å². The molecule has 8 heteroatoms. The molecule has 0 bridgehead atoms. The molecule has 0 unspecified atom stereocenters. The summed E-state index contributed by atoms with van der Waals surface area (Å²) >= 11 is 6.01. The van der Waals surface area contributed by atoms with Gasteiger partial charge < -0.3 is 10.1 Å². The van der Waals surface area contributed by atoms with Crippen LogP contribution in [0.15, 0.2) is 66.7 Å². The van der Waals surface area contributed by atoms with Crippen LogP contribution in [0.25, 0.3) is 0 Å². The first-order chi connectivity index (χ1) is 16.9. The lowest BCUT2D eigenvalue weighted by Gasteiger charge is -2.32. The van der Waals surface area contributed by atoms with Gasteiger partial charge in [-0.2, -0.15) is 0 Å². The molecule has 0 aliphatic carbocycles. The summed E-state index contributed by atoms with van der Waals surface area (Å²) in [6.45, 7) is 2.08. The molecule has 1 saturated heterocycles. The second-order valence-electron chi connectivity index (χ2n) is 8.55. The van der Waals surface area contributed by atoms with Crippen molar-refractivity contribution in [1.29, 1.82) is 0 Å². The first kappa shape index (κ1) is 25.1. The number of hydrogen-bond donors (Lipinski definition) is 1. The number of piperidine rings is 1. The predicted molar refractivity (Wildman–Crippen MR) is 129 cm³/mol. The van der Waals surface area contributed by atoms with E-state index in [1.807, 2.05) is 0 Å². The van der Waals surface area contributed by atoms with Crippen molar-refractivity contribution in [2.75, 3.05) is 26.2 Å². The fourth-order valence-electron chi connectivity index (χ4n) is 4.26. The third kappa shape index (κ3) is 6.55. The van der Waals surface area contributed by atoms with Crippen molar-refractivity contribution in [3.05, 3.63) is 100 Å². The zero-order valence-electron chi connectivity index (χ0n) is 19.0. The van der Waals surface area contributed by atoms with Gasteiger partial charge in [-0.1, -0.05) is 41.9 Å². The van der Waals surface area contributed by atoms with Crippen molar-refractivity contribution in [2.45, 2.75) is 18.9 Å². The van der Waals surface area contributed by atoms with Crippen molar-refractivity contribution in [2.24, 2.45) is 5.92 Å². The number of ether oxygens (including phenoxy) is 1. The number of carbonyl (C=O) groups excluding carboxylic acids is 1. The molecular formula is C27H26ClF3N2O2. The first-order valence-corrected chi connectivity index (χ1v) is 11.9. The molecule has 0 radical (unpaired) electrons. The topological polar surface area (TPSA) is 41.6 Å². The lowest BCUT2D eigenvalue weighted by atomic mass is 9.93. The van der Waals surface area contributed by atoms with Crippen molar-refractivity contribution in [3.8, 4) is 5.75 Å². The second kappa shape index (κ2) is 11.6. The minimum atomic E-state index is -0.631. The molecule has 1 fully saturated rings. The summed E-state index contributed by atoms with van der Waals surface area (Å²) in [5.74, 6) is -2.01. The highest BCUT2D eigenvalue weighted by Crippen LogP contribution is 2.27. The molecule has 0 saturated carbocycles. The molecule has 4 rings (SSSR count). The van der Waals surface area contributed by atoms with Gasteiger partial charge in [0.15, 0.2) is 11.6 Å². The van der Waals surface area contributed by atoms with Gasteiger partial charge in [-0.15, -0.1) is 0 Å². The summed E-state index contributed by atoms with van der Waals surface area (Å²) in [7, 11) is 0. The summed E-state index contributed by atoms with van der Waals surface area (Å²) in [5, 5.41) is 3.59. The number of amides is 1. The average Bonchev–Trinajstić information content (AvgIpc) is 2.86. The molecule has 0 spiro atoms. The first-order valence-electron chi connectivity index (χ1n) is 11.5. The number of carbonyl (C=O) groups is 1. The monoisotopic (exact) mass is 502 g/mol. The zero-order chi connectivity index (χ0) is 24.8. The molecule has 35 heavy (non-hydrogen) atoms. The van der Waals surface area contributed by atoms with Gasteiger partial charge in [-0.25, -0.2) is 13.2 Å². The molecule has 1 atom stereocenters. The highest BCUT2D eigenvalue weighted by atomic mass is 35.5. The van der Waals surface area contributed by atoms with E-state index in [0.29, 0.717) is 43.1 Å². The minimum absolute atomic E-state index is 0.111. The van der Waals surface area contributed by atoms with E-state index in [-0.39, 0.29) is 24.2 Å². The van der Waals surface area contributed by atoms with Gasteiger partial charge in [0.2, 0.25) is 5.91 Å². The Kier molecular flexibility index (Phi) is 8.31. The van der Waals surface area contributed by atoms with Gasteiger partial charge in [0, 0.05) is 29.1 Å². The number of likely N-dealkylation sites (tertiary alicyclic amines) is 1. The number of hydrogen-bond acceptors (Lipinski definition) is 3. The van der Waals surface area contributed by atoms with Gasteiger partial charge in [-0.3, -0.25) is 9.69 Å². The maximum Gasteiger partial charge on any atom is 0.223 e. The molecule has 1 heterocycles. The molecule has 1 aliphatic heterocycles. The Morgan fingerprint density at radius 1 is 1.00 bits per heavy atom. The quantitative estimate of drug-likeness (QED) is 0.426. The Hall–Kier alpha value is -3.03. The van der Waals surface area contributed by atoms with Crippen LogP contribution in [0.3, 0.4) is 0 Å². The molecule has 1 N–H and O–H groups in total. The van der Waals surface area contributed by atoms with E-state index in [9.17, 15) is 18.0 Å². The average molecular weight is 503 g/mol. The minimum Gasteiger partial charge on any atom is -0.489 e. The zero-order valence-corrected chi connectivity index (χ0v) is 19.8. The van der Waals surface area contributed by atoms with Crippen LogP contribution in [0.4, 0.5) is 13.2 Å². The Labute approximate surface area is 207 Å². The van der Waals surface area contributed by atoms with Crippen molar-refractivity contribution >= 4 is 17.5 Å². The van der Waals surface area contributed by atoms with E-state index in [1.165, 1.54) is 6.07 Å². The predicted octanol–water partition coefficient (Wildman–Crippen LogP) is 5.75. The van der Waals surface area contributed by atoms with Gasteiger partial charge in [0.1, 0.15) is 18.2 Å². The molecule has 3 aromatic carbocycles. The van der Waals surface area contributed by atoms with Crippen LogP contribution in [-0.4, -0.2) is 37.0 Å². The fourth-order valence-corrected chi connectivity index (χ4v) is 4.38. The van der Waals surface area contributed by atoms with Crippen LogP contribution in [0.5, 0.6) is 5.75 Å². The van der Waals surface area contributed by atoms with E-state index in [1.54, 1.807) is 42.5 Å². The number of halogens is 4. The SMILES string of the molecule is O=C(N[C@H](c1ccc(Cl)cc1)c1ccccc1F)C1CCN(CCOc2cc(F)ccc2F)CC1. The van der Waals surface area contributed by atoms with E-state index in [0.717, 1.165) is 23.8 Å². The third-order valence-electron chi connectivity index (χ3n) is 6.22. The normalized spacial score (nSPS) is 15.5. The van der Waals surface area contributed by atoms with Crippen molar-refractivity contribution < 1.29 is 22.7 Å². The van der Waals surface area contributed by atoms with Gasteiger partial charge in [-0.05, 0) is 61.8 Å². The number of nitrogens with zero attached hydrogens (tertiary/aromatic N) is 1. The van der Waals surface area contributed by atoms with Gasteiger partial charge in [0.25, 0.3) is 0 Å². The van der Waals surface area contributed by atoms with Crippen LogP contribution in [0, 0.1) is 23.4 Å². The van der Waals surface area contributed by atoms with Crippen LogP contribution in [0.2, 0.25) is 5.02 Å². The number of nitrogens with one attached hydrogen (secondary N) is 1. The van der Waals surface area contributed by atoms with Crippen LogP contribution in [0.1, 0.15) is 30.0 Å². The molecular weight excluding hydrogens is 477 g/mol. The highest BCUT2D eigenvalue weighted by molar-refractivity contribution is 6.30. The molecule has 1 aliphatic rings.